The van der Waals surface area contributed by atoms with Gasteiger partial charge in [-0.15, -0.1) is 5.10 Å². The van der Waals surface area contributed by atoms with Gasteiger partial charge in [-0.2, -0.15) is 0 Å². The maximum atomic E-state index is 14.2. The predicted molar refractivity (Wildman–Crippen MR) is 104 cm³/mol. The molecule has 2 aromatic carbocycles. The Hall–Kier alpha value is -3.95. The zero-order valence-electron chi connectivity index (χ0n) is 16.0. The zero-order valence-corrected chi connectivity index (χ0v) is 16.0. The van der Waals surface area contributed by atoms with E-state index in [1.54, 1.807) is 0 Å². The number of nitrogens with zero attached hydrogens (tertiary/aromatic N) is 5. The molecule has 0 bridgehead atoms. The molecule has 0 fully saturated rings. The highest BCUT2D eigenvalue weighted by molar-refractivity contribution is 6.22. The Bertz CT molecular complexity index is 1150. The molecule has 0 saturated carbocycles. The molecule has 2 heterocycles. The van der Waals surface area contributed by atoms with Crippen LogP contribution in [0.5, 0.6) is 0 Å². The van der Waals surface area contributed by atoms with E-state index in [4.69, 9.17) is 0 Å². The van der Waals surface area contributed by atoms with E-state index in [9.17, 15) is 18.8 Å². The lowest BCUT2D eigenvalue weighted by Gasteiger charge is -2.12. The number of halogens is 1. The second-order valence-electron chi connectivity index (χ2n) is 6.75. The number of tetrazole rings is 1. The van der Waals surface area contributed by atoms with Crippen LogP contribution < -0.4 is 5.32 Å². The minimum Gasteiger partial charge on any atom is -0.319 e. The van der Waals surface area contributed by atoms with Crippen LogP contribution in [0.3, 0.4) is 0 Å². The van der Waals surface area contributed by atoms with Gasteiger partial charge in [0, 0.05) is 12.1 Å². The highest BCUT2D eigenvalue weighted by atomic mass is 19.1. The zero-order chi connectivity index (χ0) is 21.3. The number of aromatic nitrogens is 4. The van der Waals surface area contributed by atoms with Gasteiger partial charge in [0.15, 0.2) is 0 Å². The summed E-state index contributed by atoms with van der Waals surface area (Å²) in [5.41, 5.74) is 0.962. The van der Waals surface area contributed by atoms with E-state index in [1.807, 2.05) is 6.92 Å². The van der Waals surface area contributed by atoms with Crippen LogP contribution in [-0.2, 0) is 0 Å². The lowest BCUT2D eigenvalue weighted by Crippen LogP contribution is -2.30. The third kappa shape index (κ3) is 3.43. The number of imide groups is 1. The minimum atomic E-state index is -0.640. The van der Waals surface area contributed by atoms with Crippen LogP contribution in [0.2, 0.25) is 0 Å². The van der Waals surface area contributed by atoms with Crippen LogP contribution in [-0.4, -0.2) is 49.4 Å². The number of carbonyl (C=O) groups excluding carboxylic acids is 3. The minimum absolute atomic E-state index is 0.0690. The maximum absolute atomic E-state index is 14.2. The Balaban J connectivity index is 1.58. The first-order chi connectivity index (χ1) is 14.5. The third-order valence-corrected chi connectivity index (χ3v) is 4.78. The van der Waals surface area contributed by atoms with Crippen molar-refractivity contribution in [2.75, 3.05) is 11.9 Å². The van der Waals surface area contributed by atoms with E-state index >= 15 is 0 Å². The van der Waals surface area contributed by atoms with Crippen molar-refractivity contribution >= 4 is 23.4 Å². The summed E-state index contributed by atoms with van der Waals surface area (Å²) in [6.45, 7) is 2.30. The lowest BCUT2D eigenvalue weighted by molar-refractivity contribution is 0.0652. The molecule has 0 radical (unpaired) electrons. The van der Waals surface area contributed by atoms with Crippen molar-refractivity contribution in [2.45, 2.75) is 19.8 Å². The summed E-state index contributed by atoms with van der Waals surface area (Å²) in [4.78, 5) is 38.8. The summed E-state index contributed by atoms with van der Waals surface area (Å²) >= 11 is 0. The van der Waals surface area contributed by atoms with Gasteiger partial charge in [-0.3, -0.25) is 19.3 Å². The maximum Gasteiger partial charge on any atom is 0.261 e. The topological polar surface area (TPSA) is 110 Å². The fraction of sp³-hybridized carbons (Fsp3) is 0.200. The molecule has 3 amide bonds. The van der Waals surface area contributed by atoms with Gasteiger partial charge in [-0.1, -0.05) is 13.3 Å². The number of hydrogen-bond acceptors (Lipinski definition) is 6. The molecule has 10 heteroatoms. The first-order valence-electron chi connectivity index (χ1n) is 9.34. The van der Waals surface area contributed by atoms with E-state index in [2.05, 4.69) is 20.8 Å². The van der Waals surface area contributed by atoms with Gasteiger partial charge in [0.05, 0.1) is 22.5 Å². The molecule has 1 aliphatic heterocycles. The van der Waals surface area contributed by atoms with E-state index < -0.39 is 17.6 Å². The van der Waals surface area contributed by atoms with Crippen molar-refractivity contribution in [1.29, 1.82) is 0 Å². The van der Waals surface area contributed by atoms with Crippen molar-refractivity contribution in [3.8, 4) is 5.69 Å². The second kappa shape index (κ2) is 7.82. The van der Waals surface area contributed by atoms with E-state index in [1.165, 1.54) is 52.3 Å². The molecule has 30 heavy (non-hydrogen) atoms. The molecule has 0 unspecified atom stereocenters. The van der Waals surface area contributed by atoms with E-state index in [0.717, 1.165) is 6.42 Å². The fourth-order valence-corrected chi connectivity index (χ4v) is 3.18. The highest BCUT2D eigenvalue weighted by Gasteiger charge is 2.35. The first-order valence-corrected chi connectivity index (χ1v) is 9.34. The van der Waals surface area contributed by atoms with Gasteiger partial charge in [-0.25, -0.2) is 9.07 Å². The number of carbonyl (C=O) groups is 3. The number of nitrogens with one attached hydrogen (secondary N) is 1. The third-order valence-electron chi connectivity index (χ3n) is 4.78. The van der Waals surface area contributed by atoms with Crippen molar-refractivity contribution in [2.24, 2.45) is 0 Å². The van der Waals surface area contributed by atoms with Gasteiger partial charge in [0.1, 0.15) is 12.1 Å². The standard InChI is InChI=1S/C20H17FN6O3/c1-2-3-8-26-19(29)14-6-4-12(9-15(14)20(26)30)18(28)23-17-10-13(5-7-16(17)21)27-11-22-24-25-27/h4-7,9-11H,2-3,8H2,1H3,(H,23,28). The number of hydrogen-bond donors (Lipinski definition) is 1. The van der Waals surface area contributed by atoms with Gasteiger partial charge < -0.3 is 5.32 Å². The molecule has 3 aromatic rings. The quantitative estimate of drug-likeness (QED) is 0.628. The largest absolute Gasteiger partial charge is 0.319 e. The summed E-state index contributed by atoms with van der Waals surface area (Å²) in [7, 11) is 0. The smallest absolute Gasteiger partial charge is 0.261 e. The Morgan fingerprint density at radius 1 is 1.10 bits per heavy atom. The van der Waals surface area contributed by atoms with Crippen molar-refractivity contribution in [3.63, 3.8) is 0 Å². The lowest BCUT2D eigenvalue weighted by atomic mass is 10.1. The normalized spacial score (nSPS) is 12.9. The molecule has 4 rings (SSSR count). The van der Waals surface area contributed by atoms with Gasteiger partial charge in [-0.05, 0) is 53.2 Å². The average molecular weight is 408 g/mol. The van der Waals surface area contributed by atoms with Crippen molar-refractivity contribution < 1.29 is 18.8 Å². The second-order valence-corrected chi connectivity index (χ2v) is 6.75. The molecular weight excluding hydrogens is 391 g/mol. The Labute approximate surface area is 170 Å². The molecular formula is C20H17FN6O3. The fourth-order valence-electron chi connectivity index (χ4n) is 3.18. The molecule has 0 saturated heterocycles. The summed E-state index contributed by atoms with van der Waals surface area (Å²) in [6.07, 6.45) is 2.89. The van der Waals surface area contributed by atoms with Gasteiger partial charge >= 0.3 is 0 Å². The Morgan fingerprint density at radius 3 is 2.63 bits per heavy atom. The van der Waals surface area contributed by atoms with Crippen LogP contribution in [0.25, 0.3) is 5.69 Å². The molecule has 0 spiro atoms. The summed E-state index contributed by atoms with van der Waals surface area (Å²) in [6, 6.07) is 8.28. The molecule has 9 nitrogen and oxygen atoms in total. The highest BCUT2D eigenvalue weighted by Crippen LogP contribution is 2.25. The summed E-state index contributed by atoms with van der Waals surface area (Å²) < 4.78 is 15.5. The van der Waals surface area contributed by atoms with Crippen molar-refractivity contribution in [1.82, 2.24) is 25.1 Å². The summed E-state index contributed by atoms with van der Waals surface area (Å²) in [5, 5.41) is 13.2. The van der Waals surface area contributed by atoms with Crippen LogP contribution in [0.4, 0.5) is 10.1 Å². The number of amides is 3. The SMILES string of the molecule is CCCCN1C(=O)c2ccc(C(=O)Nc3cc(-n4cnnn4)ccc3F)cc2C1=O. The van der Waals surface area contributed by atoms with Crippen LogP contribution in [0, 0.1) is 5.82 Å². The summed E-state index contributed by atoms with van der Waals surface area (Å²) in [5.74, 6) is -2.04. The number of anilines is 1. The van der Waals surface area contributed by atoms with Crippen LogP contribution in [0.15, 0.2) is 42.7 Å². The van der Waals surface area contributed by atoms with Gasteiger partial charge in [0.25, 0.3) is 17.7 Å². The predicted octanol–water partition coefficient (Wildman–Crippen LogP) is 2.45. The average Bonchev–Trinajstić information content (AvgIpc) is 3.36. The molecule has 0 aliphatic carbocycles. The molecule has 1 aliphatic rings. The van der Waals surface area contributed by atoms with Crippen LogP contribution in [0.1, 0.15) is 50.8 Å². The number of benzene rings is 2. The number of unbranched alkanes of at least 4 members (excludes halogenated alkanes) is 1. The van der Waals surface area contributed by atoms with Gasteiger partial charge in [0.2, 0.25) is 0 Å². The van der Waals surface area contributed by atoms with Crippen LogP contribution >= 0.6 is 0 Å². The number of fused-ring (bicyclic) bond motifs is 1. The van der Waals surface area contributed by atoms with E-state index in [-0.39, 0.29) is 28.3 Å². The molecule has 152 valence electrons. The molecule has 1 aromatic heterocycles. The molecule has 0 atom stereocenters. The Kier molecular flexibility index (Phi) is 5.05. The Morgan fingerprint density at radius 2 is 1.90 bits per heavy atom. The first kappa shape index (κ1) is 19.4. The molecule has 1 N–H and O–H groups in total. The number of rotatable bonds is 6. The monoisotopic (exact) mass is 408 g/mol. The van der Waals surface area contributed by atoms with Crippen molar-refractivity contribution in [3.05, 3.63) is 65.2 Å². The van der Waals surface area contributed by atoms with E-state index in [0.29, 0.717) is 18.7 Å².